The molecule has 0 aromatic carbocycles. The Morgan fingerprint density at radius 2 is 1.97 bits per heavy atom. The smallest absolute Gasteiger partial charge is 0.465 e. The minimum atomic E-state index is -4.90. The van der Waals surface area contributed by atoms with Crippen molar-refractivity contribution >= 4 is 23.6 Å². The van der Waals surface area contributed by atoms with E-state index in [4.69, 9.17) is 5.11 Å². The predicted molar refractivity (Wildman–Crippen MR) is 108 cm³/mol. The Labute approximate surface area is 189 Å². The molecule has 14 heteroatoms. The second-order valence-corrected chi connectivity index (χ2v) is 7.60. The van der Waals surface area contributed by atoms with Gasteiger partial charge in [-0.1, -0.05) is 0 Å². The molecule has 0 spiro atoms. The number of carbonyl (C=O) groups excluding carboxylic acids is 1. The van der Waals surface area contributed by atoms with Crippen molar-refractivity contribution < 1.29 is 41.4 Å². The summed E-state index contributed by atoms with van der Waals surface area (Å²) in [6, 6.07) is 2.43. The van der Waals surface area contributed by atoms with Gasteiger partial charge in [-0.15, -0.1) is 13.2 Å². The van der Waals surface area contributed by atoms with E-state index >= 15 is 0 Å². The van der Waals surface area contributed by atoms with Crippen LogP contribution in [0.1, 0.15) is 28.8 Å². The van der Waals surface area contributed by atoms with Crippen molar-refractivity contribution in [1.82, 2.24) is 20.2 Å². The summed E-state index contributed by atoms with van der Waals surface area (Å²) in [7, 11) is 0. The van der Waals surface area contributed by atoms with Crippen molar-refractivity contribution in [3.05, 3.63) is 41.7 Å². The van der Waals surface area contributed by atoms with Crippen molar-refractivity contribution in [2.75, 3.05) is 18.4 Å². The molecule has 3 N–H and O–H groups in total. The lowest BCUT2D eigenvalue weighted by molar-refractivity contribution is -0.274. The highest BCUT2D eigenvalue weighted by molar-refractivity contribution is 5.96. The van der Waals surface area contributed by atoms with Crippen LogP contribution in [-0.4, -0.2) is 63.4 Å². The number of nitrogens with one attached hydrogen (secondary N) is 2. The van der Waals surface area contributed by atoms with Gasteiger partial charge in [0.2, 0.25) is 0 Å². The largest absolute Gasteiger partial charge is 0.573 e. The molecule has 1 aliphatic rings. The number of carboxylic acid groups (broad SMARTS) is 1. The molecule has 3 rings (SSSR count). The number of amides is 2. The molecule has 1 saturated heterocycles. The Morgan fingerprint density at radius 3 is 2.65 bits per heavy atom. The van der Waals surface area contributed by atoms with Gasteiger partial charge in [-0.2, -0.15) is 0 Å². The molecule has 2 amide bonds. The van der Waals surface area contributed by atoms with Crippen molar-refractivity contribution in [3.63, 3.8) is 0 Å². The summed E-state index contributed by atoms with van der Waals surface area (Å²) in [6.45, 7) is 0.426. The number of anilines is 2. The third-order valence-corrected chi connectivity index (χ3v) is 4.99. The molecule has 3 heterocycles. The highest BCUT2D eigenvalue weighted by Crippen LogP contribution is 2.32. The van der Waals surface area contributed by atoms with Crippen LogP contribution in [0.4, 0.5) is 38.4 Å². The van der Waals surface area contributed by atoms with Gasteiger partial charge >= 0.3 is 12.5 Å². The first kappa shape index (κ1) is 24.9. The fourth-order valence-electron chi connectivity index (χ4n) is 3.43. The van der Waals surface area contributed by atoms with Crippen molar-refractivity contribution in [2.45, 2.75) is 38.1 Å². The lowest BCUT2D eigenvalue weighted by atomic mass is 9.97. The number of nitrogens with zero attached hydrogens (tertiary/aromatic N) is 3. The van der Waals surface area contributed by atoms with Crippen LogP contribution in [0.3, 0.4) is 0 Å². The number of piperidine rings is 1. The predicted octanol–water partition coefficient (Wildman–Crippen LogP) is 3.93. The third-order valence-electron chi connectivity index (χ3n) is 4.99. The highest BCUT2D eigenvalue weighted by Gasteiger charge is 2.42. The van der Waals surface area contributed by atoms with Gasteiger partial charge in [0.05, 0.1) is 6.54 Å². The van der Waals surface area contributed by atoms with E-state index in [2.05, 4.69) is 25.3 Å². The number of likely N-dealkylation sites (tertiary alicyclic amines) is 1. The number of alkyl halides is 5. The van der Waals surface area contributed by atoms with Crippen LogP contribution in [0.2, 0.25) is 0 Å². The fraction of sp³-hybridized carbons (Fsp3) is 0.400. The Kier molecular flexibility index (Phi) is 7.07. The number of halogens is 5. The van der Waals surface area contributed by atoms with E-state index in [0.29, 0.717) is 5.56 Å². The fourth-order valence-corrected chi connectivity index (χ4v) is 3.43. The van der Waals surface area contributed by atoms with E-state index in [0.717, 1.165) is 23.2 Å². The zero-order chi connectivity index (χ0) is 25.1. The quantitative estimate of drug-likeness (QED) is 0.527. The molecular formula is C20H20F5N5O4. The van der Waals surface area contributed by atoms with Gasteiger partial charge in [0.15, 0.2) is 0 Å². The van der Waals surface area contributed by atoms with Crippen LogP contribution in [0, 0.1) is 6.92 Å². The van der Waals surface area contributed by atoms with Gasteiger partial charge < -0.3 is 25.4 Å². The summed E-state index contributed by atoms with van der Waals surface area (Å²) in [6.07, 6.45) is -4.49. The van der Waals surface area contributed by atoms with Gasteiger partial charge in [0.1, 0.15) is 17.4 Å². The Bertz CT molecular complexity index is 1070. The number of aromatic nitrogens is 2. The molecule has 0 radical (unpaired) electrons. The number of hydrogen-bond donors (Lipinski definition) is 3. The standard InChI is InChI=1S/C20H20F5N5O4/c1-11-8-27-16(29-15-6-13(3-5-26-15)34-20(23,24)25)7-14(11)17(31)30-10-19(21,22)4-2-12(30)9-28-18(32)33/h3,5-8,12,28H,2,4,9-10H2,1H3,(H,32,33)(H,26,27,29)/t12-/m1/s1. The van der Waals surface area contributed by atoms with Gasteiger partial charge in [0, 0.05) is 43.0 Å². The van der Waals surface area contributed by atoms with Gasteiger partial charge in [-0.05, 0) is 31.0 Å². The number of hydrogen-bond acceptors (Lipinski definition) is 6. The summed E-state index contributed by atoms with van der Waals surface area (Å²) in [4.78, 5) is 32.8. The maximum atomic E-state index is 14.1. The van der Waals surface area contributed by atoms with E-state index in [1.54, 1.807) is 0 Å². The summed E-state index contributed by atoms with van der Waals surface area (Å²) in [5.74, 6) is -4.47. The number of pyridine rings is 2. The summed E-state index contributed by atoms with van der Waals surface area (Å²) in [5.41, 5.74) is 0.370. The molecule has 1 atom stereocenters. The van der Waals surface area contributed by atoms with Crippen LogP contribution in [0.5, 0.6) is 5.75 Å². The minimum Gasteiger partial charge on any atom is -0.465 e. The van der Waals surface area contributed by atoms with E-state index in [1.807, 2.05) is 0 Å². The van der Waals surface area contributed by atoms with Gasteiger partial charge in [-0.25, -0.2) is 23.5 Å². The zero-order valence-corrected chi connectivity index (χ0v) is 17.7. The van der Waals surface area contributed by atoms with E-state index in [1.165, 1.54) is 19.2 Å². The zero-order valence-electron chi connectivity index (χ0n) is 17.7. The summed E-state index contributed by atoms with van der Waals surface area (Å²) in [5, 5.41) is 13.6. The summed E-state index contributed by atoms with van der Waals surface area (Å²) < 4.78 is 69.3. The normalized spacial score (nSPS) is 17.7. The molecule has 0 unspecified atom stereocenters. The molecule has 1 fully saturated rings. The number of rotatable bonds is 6. The lowest BCUT2D eigenvalue weighted by Crippen LogP contribution is -2.55. The number of aryl methyl sites for hydroxylation is 1. The lowest BCUT2D eigenvalue weighted by Gasteiger charge is -2.39. The van der Waals surface area contributed by atoms with Crippen LogP contribution in [-0.2, 0) is 0 Å². The molecular weight excluding hydrogens is 469 g/mol. The third kappa shape index (κ3) is 6.65. The minimum absolute atomic E-state index is 0.0122. The molecule has 184 valence electrons. The maximum Gasteiger partial charge on any atom is 0.573 e. The van der Waals surface area contributed by atoms with Crippen molar-refractivity contribution in [3.8, 4) is 5.75 Å². The SMILES string of the molecule is Cc1cnc(Nc2cc(OC(F)(F)F)ccn2)cc1C(=O)N1CC(F)(F)CC[C@@H]1CNC(=O)O. The van der Waals surface area contributed by atoms with Gasteiger partial charge in [-0.3, -0.25) is 4.79 Å². The molecule has 0 aliphatic carbocycles. The van der Waals surface area contributed by atoms with E-state index < -0.39 is 49.0 Å². The van der Waals surface area contributed by atoms with Crippen LogP contribution in [0.15, 0.2) is 30.6 Å². The summed E-state index contributed by atoms with van der Waals surface area (Å²) >= 11 is 0. The van der Waals surface area contributed by atoms with Gasteiger partial charge in [0.25, 0.3) is 11.8 Å². The Morgan fingerprint density at radius 1 is 1.26 bits per heavy atom. The average Bonchev–Trinajstić information content (AvgIpc) is 2.72. The Balaban J connectivity index is 1.83. The van der Waals surface area contributed by atoms with Crippen molar-refractivity contribution in [2.24, 2.45) is 0 Å². The van der Waals surface area contributed by atoms with Crippen LogP contribution in [0.25, 0.3) is 0 Å². The molecule has 0 saturated carbocycles. The molecule has 2 aromatic heterocycles. The number of ether oxygens (including phenoxy) is 1. The van der Waals surface area contributed by atoms with Crippen molar-refractivity contribution in [1.29, 1.82) is 0 Å². The average molecular weight is 489 g/mol. The first-order chi connectivity index (χ1) is 15.8. The maximum absolute atomic E-state index is 14.1. The van der Waals surface area contributed by atoms with E-state index in [-0.39, 0.29) is 30.2 Å². The number of carbonyl (C=O) groups is 2. The first-order valence-corrected chi connectivity index (χ1v) is 9.94. The van der Waals surface area contributed by atoms with Crippen LogP contribution >= 0.6 is 0 Å². The van der Waals surface area contributed by atoms with Crippen LogP contribution < -0.4 is 15.4 Å². The molecule has 9 nitrogen and oxygen atoms in total. The Hall–Kier alpha value is -3.71. The second-order valence-electron chi connectivity index (χ2n) is 7.60. The van der Waals surface area contributed by atoms with E-state index in [9.17, 15) is 31.5 Å². The second kappa shape index (κ2) is 9.65. The molecule has 1 aliphatic heterocycles. The molecule has 0 bridgehead atoms. The molecule has 2 aromatic rings. The first-order valence-electron chi connectivity index (χ1n) is 9.94. The highest BCUT2D eigenvalue weighted by atomic mass is 19.4. The molecule has 34 heavy (non-hydrogen) atoms. The monoisotopic (exact) mass is 489 g/mol. The topological polar surface area (TPSA) is 117 Å².